The summed E-state index contributed by atoms with van der Waals surface area (Å²) in [6.45, 7) is 5.89. The molecule has 1 rings (SSSR count). The molecule has 0 aliphatic rings. The third-order valence-corrected chi connectivity index (χ3v) is 5.35. The van der Waals surface area contributed by atoms with Gasteiger partial charge in [0.25, 0.3) is 0 Å². The van der Waals surface area contributed by atoms with Crippen LogP contribution in [0.5, 0.6) is 0 Å². The first-order chi connectivity index (χ1) is 11.6. The molecule has 0 bridgehead atoms. The lowest BCUT2D eigenvalue weighted by Crippen LogP contribution is -2.38. The Labute approximate surface area is 149 Å². The minimum Gasteiger partial charge on any atom is -0.355 e. The average Bonchev–Trinajstić information content (AvgIpc) is 2.51. The molecular formula is C17H27N3O4S. The van der Waals surface area contributed by atoms with Crippen LogP contribution in [0.15, 0.2) is 29.2 Å². The van der Waals surface area contributed by atoms with E-state index in [9.17, 15) is 18.0 Å². The first kappa shape index (κ1) is 21.1. The number of hydrogen-bond donors (Lipinski definition) is 2. The average molecular weight is 369 g/mol. The maximum absolute atomic E-state index is 12.5. The van der Waals surface area contributed by atoms with Crippen molar-refractivity contribution in [1.82, 2.24) is 9.62 Å². The Balaban J connectivity index is 2.62. The molecule has 0 fully saturated rings. The summed E-state index contributed by atoms with van der Waals surface area (Å²) in [6, 6.07) is 5.82. The molecule has 2 N–H and O–H groups in total. The quantitative estimate of drug-likeness (QED) is 0.649. The molecular weight excluding hydrogens is 342 g/mol. The fourth-order valence-corrected chi connectivity index (χ4v) is 3.30. The molecule has 0 saturated carbocycles. The van der Waals surface area contributed by atoms with Gasteiger partial charge in [0.15, 0.2) is 0 Å². The molecule has 0 aliphatic carbocycles. The molecule has 7 nitrogen and oxygen atoms in total. The fraction of sp³-hybridized carbons (Fsp3) is 0.529. The Morgan fingerprint density at radius 2 is 1.76 bits per heavy atom. The third kappa shape index (κ3) is 7.23. The van der Waals surface area contributed by atoms with Crippen molar-refractivity contribution < 1.29 is 18.0 Å². The van der Waals surface area contributed by atoms with Crippen molar-refractivity contribution in [3.8, 4) is 0 Å². The van der Waals surface area contributed by atoms with Gasteiger partial charge in [-0.3, -0.25) is 9.59 Å². The Hall–Kier alpha value is -1.93. The smallest absolute Gasteiger partial charge is 0.243 e. The summed E-state index contributed by atoms with van der Waals surface area (Å²) in [5, 5.41) is 5.30. The van der Waals surface area contributed by atoms with Crippen molar-refractivity contribution >= 4 is 27.5 Å². The van der Waals surface area contributed by atoms with Crippen LogP contribution in [-0.4, -0.2) is 44.7 Å². The molecule has 0 spiro atoms. The number of carbonyl (C=O) groups is 2. The van der Waals surface area contributed by atoms with Gasteiger partial charge < -0.3 is 10.6 Å². The van der Waals surface area contributed by atoms with Gasteiger partial charge >= 0.3 is 0 Å². The van der Waals surface area contributed by atoms with Gasteiger partial charge in [0.05, 0.1) is 11.4 Å². The molecule has 140 valence electrons. The molecule has 0 saturated heterocycles. The van der Waals surface area contributed by atoms with Crippen molar-refractivity contribution in [2.75, 3.05) is 25.5 Å². The van der Waals surface area contributed by atoms with Gasteiger partial charge in [-0.05, 0) is 43.0 Å². The zero-order valence-corrected chi connectivity index (χ0v) is 16.0. The Morgan fingerprint density at radius 1 is 1.16 bits per heavy atom. The number of nitrogens with one attached hydrogen (secondary N) is 2. The first-order valence-corrected chi connectivity index (χ1v) is 9.67. The number of amides is 2. The number of carbonyl (C=O) groups excluding carboxylic acids is 2. The predicted octanol–water partition coefficient (Wildman–Crippen LogP) is 1.82. The summed E-state index contributed by atoms with van der Waals surface area (Å²) in [5.74, 6) is 0.00646. The van der Waals surface area contributed by atoms with Crippen LogP contribution in [0.4, 0.5) is 5.69 Å². The molecule has 2 amide bonds. The monoisotopic (exact) mass is 369 g/mol. The molecule has 0 heterocycles. The number of sulfonamides is 1. The van der Waals surface area contributed by atoms with Crippen LogP contribution in [0, 0.1) is 5.92 Å². The normalized spacial score (nSPS) is 11.6. The minimum absolute atomic E-state index is 0.0664. The van der Waals surface area contributed by atoms with Crippen molar-refractivity contribution in [1.29, 1.82) is 0 Å². The fourth-order valence-electron chi connectivity index (χ4n) is 2.17. The Bertz CT molecular complexity index is 684. The van der Waals surface area contributed by atoms with Crippen molar-refractivity contribution in [2.45, 2.75) is 38.5 Å². The highest BCUT2D eigenvalue weighted by Crippen LogP contribution is 2.17. The maximum atomic E-state index is 12.5. The number of anilines is 1. The van der Waals surface area contributed by atoms with Crippen LogP contribution >= 0.6 is 0 Å². The number of likely N-dealkylation sites (N-methyl/N-ethyl adjacent to an activating group) is 1. The third-order valence-electron chi connectivity index (χ3n) is 3.53. The van der Waals surface area contributed by atoms with Crippen molar-refractivity contribution in [3.63, 3.8) is 0 Å². The van der Waals surface area contributed by atoms with E-state index in [2.05, 4.69) is 24.5 Å². The molecule has 0 radical (unpaired) electrons. The molecule has 25 heavy (non-hydrogen) atoms. The molecule has 0 aromatic heterocycles. The van der Waals surface area contributed by atoms with Crippen LogP contribution < -0.4 is 10.6 Å². The maximum Gasteiger partial charge on any atom is 0.243 e. The number of benzene rings is 1. The van der Waals surface area contributed by atoms with Gasteiger partial charge in [0.1, 0.15) is 0 Å². The van der Waals surface area contributed by atoms with Crippen LogP contribution in [0.1, 0.15) is 33.6 Å². The summed E-state index contributed by atoms with van der Waals surface area (Å²) in [4.78, 5) is 22.9. The molecule has 1 aromatic rings. The van der Waals surface area contributed by atoms with Crippen LogP contribution in [0.25, 0.3) is 0 Å². The van der Waals surface area contributed by atoms with E-state index in [0.29, 0.717) is 18.2 Å². The van der Waals surface area contributed by atoms with E-state index >= 15 is 0 Å². The Morgan fingerprint density at radius 3 is 2.28 bits per heavy atom. The summed E-state index contributed by atoms with van der Waals surface area (Å²) in [7, 11) is -2.40. The molecule has 1 aromatic carbocycles. The largest absolute Gasteiger partial charge is 0.355 e. The zero-order chi connectivity index (χ0) is 19.0. The summed E-state index contributed by atoms with van der Waals surface area (Å²) >= 11 is 0. The van der Waals surface area contributed by atoms with E-state index in [4.69, 9.17) is 0 Å². The summed E-state index contributed by atoms with van der Waals surface area (Å²) in [5.41, 5.74) is 0.511. The van der Waals surface area contributed by atoms with Crippen molar-refractivity contribution in [3.05, 3.63) is 24.3 Å². The SMILES string of the molecule is CC(=O)Nc1ccc(S(=O)(=O)N(C)CC(=O)NCCCC(C)C)cc1. The van der Waals surface area contributed by atoms with Crippen molar-refractivity contribution in [2.24, 2.45) is 5.92 Å². The van der Waals surface area contributed by atoms with Gasteiger partial charge in [-0.25, -0.2) is 8.42 Å². The van der Waals surface area contributed by atoms with E-state index < -0.39 is 10.0 Å². The zero-order valence-electron chi connectivity index (χ0n) is 15.2. The summed E-state index contributed by atoms with van der Waals surface area (Å²) in [6.07, 6.45) is 1.87. The molecule has 0 unspecified atom stereocenters. The number of rotatable bonds is 9. The number of nitrogens with zero attached hydrogens (tertiary/aromatic N) is 1. The minimum atomic E-state index is -3.76. The van der Waals surface area contributed by atoms with Gasteiger partial charge in [-0.15, -0.1) is 0 Å². The number of hydrogen-bond acceptors (Lipinski definition) is 4. The molecule has 0 atom stereocenters. The predicted molar refractivity (Wildman–Crippen MR) is 97.6 cm³/mol. The van der Waals surface area contributed by atoms with E-state index in [1.54, 1.807) is 0 Å². The highest BCUT2D eigenvalue weighted by atomic mass is 32.2. The lowest BCUT2D eigenvalue weighted by atomic mass is 10.1. The van der Waals surface area contributed by atoms with Gasteiger partial charge in [-0.2, -0.15) is 4.31 Å². The molecule has 8 heteroatoms. The first-order valence-electron chi connectivity index (χ1n) is 8.23. The second-order valence-electron chi connectivity index (χ2n) is 6.35. The van der Waals surface area contributed by atoms with E-state index in [1.807, 2.05) is 0 Å². The highest BCUT2D eigenvalue weighted by molar-refractivity contribution is 7.89. The lowest BCUT2D eigenvalue weighted by molar-refractivity contribution is -0.121. The second-order valence-corrected chi connectivity index (χ2v) is 8.40. The summed E-state index contributed by atoms with van der Waals surface area (Å²) < 4.78 is 26.0. The second kappa shape index (κ2) is 9.53. The van der Waals surface area contributed by atoms with E-state index in [-0.39, 0.29) is 23.3 Å². The lowest BCUT2D eigenvalue weighted by Gasteiger charge is -2.17. The highest BCUT2D eigenvalue weighted by Gasteiger charge is 2.22. The Kier molecular flexibility index (Phi) is 8.05. The molecule has 0 aliphatic heterocycles. The van der Waals surface area contributed by atoms with Gasteiger partial charge in [0.2, 0.25) is 21.8 Å². The van der Waals surface area contributed by atoms with E-state index in [0.717, 1.165) is 17.1 Å². The van der Waals surface area contributed by atoms with Crippen LogP contribution in [-0.2, 0) is 19.6 Å². The van der Waals surface area contributed by atoms with Crippen LogP contribution in [0.2, 0.25) is 0 Å². The van der Waals surface area contributed by atoms with Crippen LogP contribution in [0.3, 0.4) is 0 Å². The standard InChI is InChI=1S/C17H27N3O4S/c1-13(2)6-5-11-18-17(22)12-20(4)25(23,24)16-9-7-15(8-10-16)19-14(3)21/h7-10,13H,5-6,11-12H2,1-4H3,(H,18,22)(H,19,21). The van der Waals surface area contributed by atoms with Gasteiger partial charge in [-0.1, -0.05) is 13.8 Å². The van der Waals surface area contributed by atoms with E-state index in [1.165, 1.54) is 38.2 Å². The topological polar surface area (TPSA) is 95.6 Å². The van der Waals surface area contributed by atoms with Gasteiger partial charge in [0, 0.05) is 26.2 Å².